The van der Waals surface area contributed by atoms with Crippen molar-refractivity contribution < 1.29 is 10.2 Å². The maximum absolute atomic E-state index is 9.77. The predicted molar refractivity (Wildman–Crippen MR) is 68.5 cm³/mol. The van der Waals surface area contributed by atoms with Gasteiger partial charge in [0.2, 0.25) is 0 Å². The molecule has 0 aromatic heterocycles. The summed E-state index contributed by atoms with van der Waals surface area (Å²) in [6, 6.07) is 11.1. The number of rotatable bonds is 2. The smallest absolute Gasteiger partial charge is 0.119 e. The molecule has 2 nitrogen and oxygen atoms in total. The summed E-state index contributed by atoms with van der Waals surface area (Å²) in [5, 5.41) is 19.2. The molecule has 0 fully saturated rings. The van der Waals surface area contributed by atoms with Gasteiger partial charge in [0.15, 0.2) is 0 Å². The quantitative estimate of drug-likeness (QED) is 0.828. The Morgan fingerprint density at radius 3 is 2.29 bits per heavy atom. The highest BCUT2D eigenvalue weighted by atomic mass is 16.3. The van der Waals surface area contributed by atoms with Gasteiger partial charge in [0.1, 0.15) is 11.5 Å². The second kappa shape index (κ2) is 4.50. The first-order chi connectivity index (χ1) is 8.06. The first kappa shape index (κ1) is 11.5. The minimum absolute atomic E-state index is 0.308. The van der Waals surface area contributed by atoms with E-state index in [2.05, 4.69) is 0 Å². The number of aromatic hydroxyl groups is 2. The van der Waals surface area contributed by atoms with E-state index in [1.807, 2.05) is 38.1 Å². The molecule has 0 saturated carbocycles. The van der Waals surface area contributed by atoms with Gasteiger partial charge in [-0.25, -0.2) is 0 Å². The zero-order chi connectivity index (χ0) is 12.4. The SMILES string of the molecule is Cc1ccc(O)c(Cc2ccc(O)c(C)c2)c1. The van der Waals surface area contributed by atoms with Crippen molar-refractivity contribution in [1.29, 1.82) is 0 Å². The summed E-state index contributed by atoms with van der Waals surface area (Å²) in [5.74, 6) is 0.628. The van der Waals surface area contributed by atoms with Crippen molar-refractivity contribution in [3.05, 3.63) is 58.7 Å². The van der Waals surface area contributed by atoms with Gasteiger partial charge in [-0.1, -0.05) is 29.8 Å². The molecule has 0 unspecified atom stereocenters. The average molecular weight is 228 g/mol. The molecule has 2 aromatic rings. The number of benzene rings is 2. The van der Waals surface area contributed by atoms with E-state index in [-0.39, 0.29) is 0 Å². The number of hydrogen-bond acceptors (Lipinski definition) is 2. The number of aryl methyl sites for hydroxylation is 2. The van der Waals surface area contributed by atoms with Gasteiger partial charge in [0, 0.05) is 6.42 Å². The standard InChI is InChI=1S/C15H16O2/c1-10-3-5-15(17)13(7-10)9-12-4-6-14(16)11(2)8-12/h3-8,16-17H,9H2,1-2H3. The zero-order valence-electron chi connectivity index (χ0n) is 10.1. The lowest BCUT2D eigenvalue weighted by molar-refractivity contribution is 0.469. The highest BCUT2D eigenvalue weighted by Crippen LogP contribution is 2.24. The minimum atomic E-state index is 0.308. The second-order valence-electron chi connectivity index (χ2n) is 4.43. The summed E-state index contributed by atoms with van der Waals surface area (Å²) in [6.45, 7) is 3.87. The molecule has 2 heteroatoms. The zero-order valence-corrected chi connectivity index (χ0v) is 10.1. The third kappa shape index (κ3) is 2.59. The van der Waals surface area contributed by atoms with Crippen LogP contribution in [0, 0.1) is 13.8 Å². The van der Waals surface area contributed by atoms with Gasteiger partial charge in [0.05, 0.1) is 0 Å². The van der Waals surface area contributed by atoms with Crippen LogP contribution in [0.5, 0.6) is 11.5 Å². The topological polar surface area (TPSA) is 40.5 Å². The molecule has 2 aromatic carbocycles. The van der Waals surface area contributed by atoms with Crippen molar-refractivity contribution in [3.63, 3.8) is 0 Å². The van der Waals surface area contributed by atoms with Crippen molar-refractivity contribution in [3.8, 4) is 11.5 Å². The fourth-order valence-electron chi connectivity index (χ4n) is 1.90. The monoisotopic (exact) mass is 228 g/mol. The molecule has 0 heterocycles. The van der Waals surface area contributed by atoms with Gasteiger partial charge in [-0.05, 0) is 42.7 Å². The fourth-order valence-corrected chi connectivity index (χ4v) is 1.90. The molecule has 0 atom stereocenters. The maximum atomic E-state index is 9.77. The van der Waals surface area contributed by atoms with Gasteiger partial charge >= 0.3 is 0 Å². The van der Waals surface area contributed by atoms with E-state index in [1.165, 1.54) is 0 Å². The van der Waals surface area contributed by atoms with Crippen LogP contribution in [-0.2, 0) is 6.42 Å². The van der Waals surface area contributed by atoms with Crippen molar-refractivity contribution in [1.82, 2.24) is 0 Å². The van der Waals surface area contributed by atoms with Crippen LogP contribution in [0.3, 0.4) is 0 Å². The summed E-state index contributed by atoms with van der Waals surface area (Å²) in [7, 11) is 0. The lowest BCUT2D eigenvalue weighted by atomic mass is 10.0. The molecular weight excluding hydrogens is 212 g/mol. The number of phenols is 2. The molecule has 2 N–H and O–H groups in total. The van der Waals surface area contributed by atoms with Gasteiger partial charge < -0.3 is 10.2 Å². The normalized spacial score (nSPS) is 10.5. The first-order valence-corrected chi connectivity index (χ1v) is 5.63. The highest BCUT2D eigenvalue weighted by molar-refractivity contribution is 5.42. The van der Waals surface area contributed by atoms with Gasteiger partial charge in [-0.3, -0.25) is 0 Å². The van der Waals surface area contributed by atoms with E-state index in [0.29, 0.717) is 17.9 Å². The Morgan fingerprint density at radius 2 is 1.59 bits per heavy atom. The summed E-state index contributed by atoms with van der Waals surface area (Å²) < 4.78 is 0. The third-order valence-electron chi connectivity index (χ3n) is 2.89. The van der Waals surface area contributed by atoms with E-state index in [9.17, 15) is 10.2 Å². The van der Waals surface area contributed by atoms with Crippen LogP contribution in [0.2, 0.25) is 0 Å². The van der Waals surface area contributed by atoms with Crippen LogP contribution < -0.4 is 0 Å². The lowest BCUT2D eigenvalue weighted by Crippen LogP contribution is -1.91. The molecule has 0 aliphatic heterocycles. The van der Waals surface area contributed by atoms with Crippen molar-refractivity contribution in [2.24, 2.45) is 0 Å². The van der Waals surface area contributed by atoms with Gasteiger partial charge in [-0.2, -0.15) is 0 Å². The number of phenolic OH excluding ortho intramolecular Hbond substituents is 2. The Bertz CT molecular complexity index is 545. The molecule has 0 aliphatic rings. The largest absolute Gasteiger partial charge is 0.508 e. The molecule has 0 aliphatic carbocycles. The summed E-state index contributed by atoms with van der Waals surface area (Å²) in [5.41, 5.74) is 3.99. The maximum Gasteiger partial charge on any atom is 0.119 e. The van der Waals surface area contributed by atoms with Gasteiger partial charge in [0.25, 0.3) is 0 Å². The van der Waals surface area contributed by atoms with Crippen molar-refractivity contribution in [2.75, 3.05) is 0 Å². The molecule has 0 bridgehead atoms. The molecule has 0 saturated heterocycles. The van der Waals surface area contributed by atoms with Crippen LogP contribution in [-0.4, -0.2) is 10.2 Å². The Morgan fingerprint density at radius 1 is 0.882 bits per heavy atom. The molecule has 88 valence electrons. The third-order valence-corrected chi connectivity index (χ3v) is 2.89. The van der Waals surface area contributed by atoms with Crippen LogP contribution in [0.25, 0.3) is 0 Å². The van der Waals surface area contributed by atoms with Crippen LogP contribution in [0.4, 0.5) is 0 Å². The molecule has 2 rings (SSSR count). The molecule has 17 heavy (non-hydrogen) atoms. The Labute approximate surface area is 101 Å². The molecule has 0 radical (unpaired) electrons. The summed E-state index contributed by atoms with van der Waals surface area (Å²) in [4.78, 5) is 0. The van der Waals surface area contributed by atoms with Crippen LogP contribution >= 0.6 is 0 Å². The summed E-state index contributed by atoms with van der Waals surface area (Å²) >= 11 is 0. The van der Waals surface area contributed by atoms with Crippen molar-refractivity contribution >= 4 is 0 Å². The second-order valence-corrected chi connectivity index (χ2v) is 4.43. The number of hydrogen-bond donors (Lipinski definition) is 2. The van der Waals surface area contributed by atoms with E-state index in [0.717, 1.165) is 22.3 Å². The molecular formula is C15H16O2. The average Bonchev–Trinajstić information content (AvgIpc) is 2.29. The van der Waals surface area contributed by atoms with Crippen molar-refractivity contribution in [2.45, 2.75) is 20.3 Å². The van der Waals surface area contributed by atoms with E-state index in [4.69, 9.17) is 0 Å². The predicted octanol–water partition coefficient (Wildman–Crippen LogP) is 3.31. The Hall–Kier alpha value is -1.96. The van der Waals surface area contributed by atoms with Crippen LogP contribution in [0.1, 0.15) is 22.3 Å². The minimum Gasteiger partial charge on any atom is -0.508 e. The Balaban J connectivity index is 2.31. The lowest BCUT2D eigenvalue weighted by Gasteiger charge is -2.07. The van der Waals surface area contributed by atoms with E-state index < -0.39 is 0 Å². The van der Waals surface area contributed by atoms with Gasteiger partial charge in [-0.15, -0.1) is 0 Å². The molecule has 0 spiro atoms. The Kier molecular flexibility index (Phi) is 3.05. The van der Waals surface area contributed by atoms with E-state index >= 15 is 0 Å². The van der Waals surface area contributed by atoms with E-state index in [1.54, 1.807) is 12.1 Å². The fraction of sp³-hybridized carbons (Fsp3) is 0.200. The first-order valence-electron chi connectivity index (χ1n) is 5.63. The highest BCUT2D eigenvalue weighted by Gasteiger charge is 2.04. The summed E-state index contributed by atoms with van der Waals surface area (Å²) in [6.07, 6.45) is 0.675. The van der Waals surface area contributed by atoms with Crippen LogP contribution in [0.15, 0.2) is 36.4 Å². The molecule has 0 amide bonds.